The van der Waals surface area contributed by atoms with Crippen molar-refractivity contribution in [3.63, 3.8) is 0 Å². The van der Waals surface area contributed by atoms with Gasteiger partial charge < -0.3 is 14.6 Å². The van der Waals surface area contributed by atoms with E-state index in [0.717, 1.165) is 37.5 Å². The number of hydrogen-bond donors (Lipinski definition) is 1. The van der Waals surface area contributed by atoms with Crippen molar-refractivity contribution in [3.8, 4) is 11.4 Å². The number of nitrogens with zero attached hydrogens (tertiary/aromatic N) is 2. The summed E-state index contributed by atoms with van der Waals surface area (Å²) in [5, 5.41) is 3.90. The highest BCUT2D eigenvalue weighted by Gasteiger charge is 2.42. The van der Waals surface area contributed by atoms with Crippen LogP contribution in [0.5, 0.6) is 5.75 Å². The molecule has 0 saturated carbocycles. The van der Waals surface area contributed by atoms with Crippen LogP contribution in [0.2, 0.25) is 0 Å². The largest absolute Gasteiger partial charge is 0.497 e. The van der Waals surface area contributed by atoms with Gasteiger partial charge in [0.1, 0.15) is 5.75 Å². The number of nitrogens with one attached hydrogen (secondary N) is 1. The molecule has 0 bridgehead atoms. The fraction of sp³-hybridized carbons (Fsp3) is 0.304. The van der Waals surface area contributed by atoms with Gasteiger partial charge in [0.05, 0.1) is 24.0 Å². The van der Waals surface area contributed by atoms with Crippen molar-refractivity contribution in [2.45, 2.75) is 24.9 Å². The average molecular weight is 359 g/mol. The standard InChI is InChI=1S/C23H25N3O/c1-27-19-10-11-21-20(15-19)24-23(22-9-5-14-26(21)22)12-6-13-25(17-23)16-18-7-3-2-4-8-18/h2-5,7-11,14-15,24H,6,12-13,16-17H2,1H3. The number of hydrogen-bond acceptors (Lipinski definition) is 3. The van der Waals surface area contributed by atoms with Crippen molar-refractivity contribution in [2.24, 2.45) is 0 Å². The first kappa shape index (κ1) is 16.5. The van der Waals surface area contributed by atoms with Crippen molar-refractivity contribution < 1.29 is 4.74 Å². The van der Waals surface area contributed by atoms with Gasteiger partial charge in [-0.1, -0.05) is 30.3 Å². The Hall–Kier alpha value is -2.72. The summed E-state index contributed by atoms with van der Waals surface area (Å²) in [7, 11) is 1.73. The molecule has 0 aliphatic carbocycles. The molecule has 0 amide bonds. The molecule has 138 valence electrons. The Kier molecular flexibility index (Phi) is 3.94. The number of piperidine rings is 1. The van der Waals surface area contributed by atoms with Gasteiger partial charge in [-0.2, -0.15) is 0 Å². The van der Waals surface area contributed by atoms with E-state index in [9.17, 15) is 0 Å². The van der Waals surface area contributed by atoms with Crippen LogP contribution in [-0.2, 0) is 12.1 Å². The minimum absolute atomic E-state index is 0.0596. The lowest BCUT2D eigenvalue weighted by atomic mass is 9.83. The first-order chi connectivity index (χ1) is 13.3. The van der Waals surface area contributed by atoms with Gasteiger partial charge in [0.2, 0.25) is 0 Å². The summed E-state index contributed by atoms with van der Waals surface area (Å²) in [4.78, 5) is 2.58. The first-order valence-electron chi connectivity index (χ1n) is 9.68. The molecule has 3 aromatic rings. The molecule has 1 fully saturated rings. The Morgan fingerprint density at radius 2 is 1.96 bits per heavy atom. The minimum atomic E-state index is -0.0596. The van der Waals surface area contributed by atoms with Crippen LogP contribution < -0.4 is 10.1 Å². The molecule has 2 aliphatic rings. The number of likely N-dealkylation sites (tertiary alicyclic amines) is 1. The molecule has 1 saturated heterocycles. The van der Waals surface area contributed by atoms with Crippen molar-refractivity contribution in [1.29, 1.82) is 0 Å². The quantitative estimate of drug-likeness (QED) is 0.751. The highest BCUT2D eigenvalue weighted by atomic mass is 16.5. The smallest absolute Gasteiger partial charge is 0.121 e. The molecule has 0 radical (unpaired) electrons. The summed E-state index contributed by atoms with van der Waals surface area (Å²) in [5.74, 6) is 0.893. The van der Waals surface area contributed by atoms with Gasteiger partial charge in [-0.3, -0.25) is 4.90 Å². The van der Waals surface area contributed by atoms with E-state index in [-0.39, 0.29) is 5.54 Å². The molecule has 1 N–H and O–H groups in total. The molecular formula is C23H25N3O. The van der Waals surface area contributed by atoms with E-state index in [1.807, 2.05) is 6.07 Å². The minimum Gasteiger partial charge on any atom is -0.497 e. The van der Waals surface area contributed by atoms with Crippen LogP contribution in [-0.4, -0.2) is 29.7 Å². The van der Waals surface area contributed by atoms with Gasteiger partial charge in [0, 0.05) is 31.0 Å². The lowest BCUT2D eigenvalue weighted by Crippen LogP contribution is -2.52. The third-order valence-electron chi connectivity index (χ3n) is 5.90. The van der Waals surface area contributed by atoms with Crippen molar-refractivity contribution in [1.82, 2.24) is 9.47 Å². The molecule has 1 unspecified atom stereocenters. The third-order valence-corrected chi connectivity index (χ3v) is 5.90. The van der Waals surface area contributed by atoms with Crippen LogP contribution in [0.15, 0.2) is 66.9 Å². The maximum Gasteiger partial charge on any atom is 0.121 e. The number of benzene rings is 2. The Morgan fingerprint density at radius 1 is 1.07 bits per heavy atom. The highest BCUT2D eigenvalue weighted by molar-refractivity contribution is 5.69. The van der Waals surface area contributed by atoms with Crippen LogP contribution in [0.25, 0.3) is 5.69 Å². The monoisotopic (exact) mass is 359 g/mol. The molecule has 3 heterocycles. The summed E-state index contributed by atoms with van der Waals surface area (Å²) in [6, 6.07) is 21.5. The lowest BCUT2D eigenvalue weighted by molar-refractivity contribution is 0.150. The Labute approximate surface area is 160 Å². The molecule has 5 rings (SSSR count). The number of rotatable bonds is 3. The molecule has 4 heteroatoms. The summed E-state index contributed by atoms with van der Waals surface area (Å²) in [5.41, 5.74) is 5.03. The van der Waals surface area contributed by atoms with Gasteiger partial charge >= 0.3 is 0 Å². The van der Waals surface area contributed by atoms with Gasteiger partial charge in [-0.25, -0.2) is 0 Å². The van der Waals surface area contributed by atoms with E-state index in [1.165, 1.54) is 23.4 Å². The molecule has 27 heavy (non-hydrogen) atoms. The van der Waals surface area contributed by atoms with Crippen LogP contribution in [0.3, 0.4) is 0 Å². The second-order valence-electron chi connectivity index (χ2n) is 7.65. The average Bonchev–Trinajstić information content (AvgIpc) is 3.20. The maximum absolute atomic E-state index is 5.47. The number of ether oxygens (including phenoxy) is 1. The molecular weight excluding hydrogens is 334 g/mol. The topological polar surface area (TPSA) is 29.4 Å². The molecule has 1 spiro atoms. The predicted molar refractivity (Wildman–Crippen MR) is 109 cm³/mol. The van der Waals surface area contributed by atoms with E-state index in [1.54, 1.807) is 7.11 Å². The van der Waals surface area contributed by atoms with Gasteiger partial charge in [-0.05, 0) is 49.2 Å². The SMILES string of the molecule is COc1ccc2c(c1)NC1(CCCN(Cc3ccccc3)C1)c1cccn1-2. The Morgan fingerprint density at radius 3 is 2.81 bits per heavy atom. The van der Waals surface area contributed by atoms with E-state index in [0.29, 0.717) is 0 Å². The van der Waals surface area contributed by atoms with E-state index in [4.69, 9.17) is 4.74 Å². The third kappa shape index (κ3) is 2.81. The molecule has 4 nitrogen and oxygen atoms in total. The molecule has 2 aliphatic heterocycles. The number of fused-ring (bicyclic) bond motifs is 4. The predicted octanol–water partition coefficient (Wildman–Crippen LogP) is 4.40. The van der Waals surface area contributed by atoms with Crippen molar-refractivity contribution in [3.05, 3.63) is 78.1 Å². The van der Waals surface area contributed by atoms with Crippen molar-refractivity contribution in [2.75, 3.05) is 25.5 Å². The second kappa shape index (κ2) is 6.46. The van der Waals surface area contributed by atoms with Gasteiger partial charge in [0.25, 0.3) is 0 Å². The van der Waals surface area contributed by atoms with Gasteiger partial charge in [0.15, 0.2) is 0 Å². The van der Waals surface area contributed by atoms with Crippen LogP contribution in [0.4, 0.5) is 5.69 Å². The number of anilines is 1. The van der Waals surface area contributed by atoms with Crippen LogP contribution >= 0.6 is 0 Å². The lowest BCUT2D eigenvalue weighted by Gasteiger charge is -2.47. The maximum atomic E-state index is 5.47. The summed E-state index contributed by atoms with van der Waals surface area (Å²) >= 11 is 0. The molecule has 1 atom stereocenters. The number of methoxy groups -OCH3 is 1. The summed E-state index contributed by atoms with van der Waals surface area (Å²) in [6.45, 7) is 3.14. The summed E-state index contributed by atoms with van der Waals surface area (Å²) < 4.78 is 7.81. The van der Waals surface area contributed by atoms with E-state index < -0.39 is 0 Å². The summed E-state index contributed by atoms with van der Waals surface area (Å²) in [6.07, 6.45) is 4.50. The van der Waals surface area contributed by atoms with E-state index >= 15 is 0 Å². The molecule has 1 aromatic heterocycles. The Bertz CT molecular complexity index is 949. The fourth-order valence-electron chi connectivity index (χ4n) is 4.69. The zero-order valence-corrected chi connectivity index (χ0v) is 15.7. The Balaban J connectivity index is 1.50. The normalized spacial score (nSPS) is 21.4. The van der Waals surface area contributed by atoms with Crippen LogP contribution in [0, 0.1) is 0 Å². The highest BCUT2D eigenvalue weighted by Crippen LogP contribution is 2.43. The zero-order valence-electron chi connectivity index (χ0n) is 15.7. The molecule has 2 aromatic carbocycles. The van der Waals surface area contributed by atoms with E-state index in [2.05, 4.69) is 75.6 Å². The van der Waals surface area contributed by atoms with Crippen LogP contribution in [0.1, 0.15) is 24.1 Å². The van der Waals surface area contributed by atoms with Gasteiger partial charge in [-0.15, -0.1) is 0 Å². The first-order valence-corrected chi connectivity index (χ1v) is 9.68. The second-order valence-corrected chi connectivity index (χ2v) is 7.65. The zero-order chi connectivity index (χ0) is 18.3. The number of aromatic nitrogens is 1. The fourth-order valence-corrected chi connectivity index (χ4v) is 4.69. The van der Waals surface area contributed by atoms with Crippen molar-refractivity contribution >= 4 is 5.69 Å².